The van der Waals surface area contributed by atoms with Gasteiger partial charge in [0.05, 0.1) is 37.1 Å². The number of aliphatic hydroxyl groups is 3. The van der Waals surface area contributed by atoms with Crippen molar-refractivity contribution in [2.75, 3.05) is 44.4 Å². The fraction of sp³-hybridized carbons (Fsp3) is 0.407. The molecule has 45 heavy (non-hydrogen) atoms. The molecule has 0 unspecified atom stereocenters. The average molecular weight is 628 g/mol. The van der Waals surface area contributed by atoms with Gasteiger partial charge in [0, 0.05) is 32.0 Å². The zero-order valence-electron chi connectivity index (χ0n) is 24.7. The Morgan fingerprint density at radius 3 is 2.56 bits per heavy atom. The van der Waals surface area contributed by atoms with E-state index < -0.39 is 17.7 Å². The molecule has 240 valence electrons. The van der Waals surface area contributed by atoms with Crippen molar-refractivity contribution in [2.45, 2.75) is 32.4 Å². The Morgan fingerprint density at radius 1 is 1.16 bits per heavy atom. The van der Waals surface area contributed by atoms with Crippen LogP contribution in [-0.4, -0.2) is 109 Å². The van der Waals surface area contributed by atoms with Crippen LogP contribution in [0.25, 0.3) is 11.5 Å². The Bertz CT molecular complexity index is 1550. The number of carbonyl (C=O) groups excluding carboxylic acids is 4. The molecule has 3 aromatic rings. The van der Waals surface area contributed by atoms with Gasteiger partial charge in [-0.2, -0.15) is 4.98 Å². The smallest absolute Gasteiger partial charge is 0.369 e. The summed E-state index contributed by atoms with van der Waals surface area (Å²) in [4.78, 5) is 55.2. The van der Waals surface area contributed by atoms with Crippen molar-refractivity contribution in [3.63, 3.8) is 0 Å². The van der Waals surface area contributed by atoms with Crippen molar-refractivity contribution in [3.8, 4) is 17.2 Å². The predicted molar refractivity (Wildman–Crippen MR) is 154 cm³/mol. The molecule has 3 amide bonds. The number of hydrogen-bond acceptors (Lipinski definition) is 15. The summed E-state index contributed by atoms with van der Waals surface area (Å²) in [5.74, 6) is -1.12. The summed E-state index contributed by atoms with van der Waals surface area (Å²) >= 11 is 0. The molecule has 6 N–H and O–H groups in total. The standard InChI is InChI=1S/C27H33N9O9/c1-15(38)36(11-12-37)10-9-35(2)14-21-30-26(45-34-21)17-5-4-6-18(23(17)44-3)28-19-13-20(29-24(39)16-7-8-16)32-33-22(19)25(40)31-27(41,42)43/h4-6,12-13,16,41-43H,7-11,14H2,1-3H3,(H,31,40)(H2,28,29,32,39). The van der Waals surface area contributed by atoms with Gasteiger partial charge in [-0.05, 0) is 32.0 Å². The maximum absolute atomic E-state index is 12.7. The Balaban J connectivity index is 1.57. The minimum atomic E-state index is -3.53. The van der Waals surface area contributed by atoms with E-state index in [0.29, 0.717) is 30.8 Å². The maximum Gasteiger partial charge on any atom is 0.369 e. The van der Waals surface area contributed by atoms with Crippen LogP contribution in [0.3, 0.4) is 0 Å². The number of likely N-dealkylation sites (N-methyl/N-ethyl adjacent to an activating group) is 1. The average Bonchev–Trinajstić information content (AvgIpc) is 3.73. The van der Waals surface area contributed by atoms with Crippen molar-refractivity contribution >= 4 is 41.2 Å². The molecule has 2 aromatic heterocycles. The highest BCUT2D eigenvalue weighted by atomic mass is 16.7. The molecule has 1 aromatic carbocycles. The Labute approximate surface area is 256 Å². The van der Waals surface area contributed by atoms with Crippen molar-refractivity contribution in [3.05, 3.63) is 35.8 Å². The lowest BCUT2D eigenvalue weighted by molar-refractivity contribution is -0.323. The van der Waals surface area contributed by atoms with Crippen LogP contribution in [0.1, 0.15) is 36.1 Å². The third kappa shape index (κ3) is 8.99. The number of ether oxygens (including phenoxy) is 1. The first-order valence-corrected chi connectivity index (χ1v) is 13.7. The number of rotatable bonds is 15. The molecule has 0 radical (unpaired) electrons. The van der Waals surface area contributed by atoms with Crippen molar-refractivity contribution in [1.82, 2.24) is 35.5 Å². The van der Waals surface area contributed by atoms with E-state index in [1.165, 1.54) is 25.0 Å². The first kappa shape index (κ1) is 32.9. The van der Waals surface area contributed by atoms with E-state index in [9.17, 15) is 34.5 Å². The Morgan fingerprint density at radius 2 is 1.91 bits per heavy atom. The lowest BCUT2D eigenvalue weighted by atomic mass is 10.1. The molecular formula is C27H33N9O9. The maximum atomic E-state index is 12.7. The van der Waals surface area contributed by atoms with Crippen molar-refractivity contribution < 1.29 is 43.8 Å². The molecule has 0 spiro atoms. The number of benzene rings is 1. The number of nitrogens with zero attached hydrogens (tertiary/aromatic N) is 6. The number of methoxy groups -OCH3 is 1. The van der Waals surface area contributed by atoms with Crippen molar-refractivity contribution in [2.24, 2.45) is 5.92 Å². The minimum absolute atomic E-state index is 0.00290. The van der Waals surface area contributed by atoms with E-state index in [2.05, 4.69) is 31.0 Å². The summed E-state index contributed by atoms with van der Waals surface area (Å²) in [7, 11) is 3.19. The topological polar surface area (TPSA) is 245 Å². The van der Waals surface area contributed by atoms with E-state index in [4.69, 9.17) is 9.26 Å². The fourth-order valence-corrected chi connectivity index (χ4v) is 4.18. The second-order valence-electron chi connectivity index (χ2n) is 10.2. The first-order valence-electron chi connectivity index (χ1n) is 13.7. The molecule has 1 aliphatic rings. The molecule has 4 rings (SSSR count). The Kier molecular flexibility index (Phi) is 10.3. The summed E-state index contributed by atoms with van der Waals surface area (Å²) in [5, 5.41) is 46.6. The van der Waals surface area contributed by atoms with E-state index in [-0.39, 0.29) is 59.7 Å². The van der Waals surface area contributed by atoms with Gasteiger partial charge >= 0.3 is 6.10 Å². The van der Waals surface area contributed by atoms with Crippen LogP contribution in [0.4, 0.5) is 17.2 Å². The highest BCUT2D eigenvalue weighted by molar-refractivity contribution is 6.00. The zero-order valence-corrected chi connectivity index (χ0v) is 24.7. The van der Waals surface area contributed by atoms with Gasteiger partial charge in [0.15, 0.2) is 23.1 Å². The molecule has 1 aliphatic carbocycles. The molecule has 18 nitrogen and oxygen atoms in total. The largest absolute Gasteiger partial charge is 0.494 e. The summed E-state index contributed by atoms with van der Waals surface area (Å²) in [5.41, 5.74) is 0.187. The first-order chi connectivity index (χ1) is 21.4. The number of hydrogen-bond donors (Lipinski definition) is 6. The van der Waals surface area contributed by atoms with Crippen LogP contribution >= 0.6 is 0 Å². The van der Waals surface area contributed by atoms with Crippen LogP contribution in [0.15, 0.2) is 28.8 Å². The molecule has 18 heteroatoms. The number of amides is 3. The molecule has 0 saturated heterocycles. The van der Waals surface area contributed by atoms with Crippen LogP contribution < -0.4 is 20.7 Å². The second-order valence-corrected chi connectivity index (χ2v) is 10.2. The third-order valence-corrected chi connectivity index (χ3v) is 6.58. The van der Waals surface area contributed by atoms with Gasteiger partial charge in [-0.15, -0.1) is 10.2 Å². The van der Waals surface area contributed by atoms with E-state index in [1.54, 1.807) is 30.6 Å². The van der Waals surface area contributed by atoms with E-state index in [1.807, 2.05) is 4.90 Å². The molecule has 2 heterocycles. The number of carbonyl (C=O) groups is 4. The van der Waals surface area contributed by atoms with Gasteiger partial charge in [0.25, 0.3) is 11.8 Å². The third-order valence-electron chi connectivity index (χ3n) is 6.58. The highest BCUT2D eigenvalue weighted by Gasteiger charge is 2.31. The van der Waals surface area contributed by atoms with Gasteiger partial charge in [0.2, 0.25) is 11.8 Å². The highest BCUT2D eigenvalue weighted by Crippen LogP contribution is 2.38. The van der Waals surface area contributed by atoms with Gasteiger partial charge in [-0.25, -0.2) is 0 Å². The number of aldehydes is 1. The predicted octanol–water partition coefficient (Wildman–Crippen LogP) is -0.575. The van der Waals surface area contributed by atoms with Crippen LogP contribution in [0.5, 0.6) is 5.75 Å². The molecule has 0 atom stereocenters. The fourth-order valence-electron chi connectivity index (χ4n) is 4.18. The molecule has 1 saturated carbocycles. The number of anilines is 3. The number of para-hydroxylation sites is 1. The van der Waals surface area contributed by atoms with Gasteiger partial charge in [0.1, 0.15) is 6.29 Å². The normalized spacial score (nSPS) is 12.9. The summed E-state index contributed by atoms with van der Waals surface area (Å²) in [6.07, 6.45) is -1.37. The van der Waals surface area contributed by atoms with Crippen LogP contribution in [0, 0.1) is 5.92 Å². The molecular weight excluding hydrogens is 594 g/mol. The molecule has 0 bridgehead atoms. The van der Waals surface area contributed by atoms with Gasteiger partial charge in [-0.3, -0.25) is 24.6 Å². The number of nitrogens with one attached hydrogen (secondary N) is 3. The lowest BCUT2D eigenvalue weighted by Gasteiger charge is -2.22. The van der Waals surface area contributed by atoms with Gasteiger partial charge in [-0.1, -0.05) is 11.2 Å². The summed E-state index contributed by atoms with van der Waals surface area (Å²) in [6, 6.07) is 6.22. The molecule has 0 aliphatic heterocycles. The SMILES string of the molecule is COc1c(Nc2cc(NC(=O)C3CC3)nnc2C(=O)NC(O)(O)O)cccc1-c1nc(CN(C)CCN(CC=O)C(C)=O)no1. The van der Waals surface area contributed by atoms with E-state index >= 15 is 0 Å². The lowest BCUT2D eigenvalue weighted by Crippen LogP contribution is -2.48. The summed E-state index contributed by atoms with van der Waals surface area (Å²) in [6.45, 7) is 2.45. The Hall–Kier alpha value is -5.04. The number of aromatic nitrogens is 4. The minimum Gasteiger partial charge on any atom is -0.494 e. The summed E-state index contributed by atoms with van der Waals surface area (Å²) < 4.78 is 11.1. The van der Waals surface area contributed by atoms with Gasteiger partial charge < -0.3 is 44.9 Å². The van der Waals surface area contributed by atoms with Crippen LogP contribution in [0.2, 0.25) is 0 Å². The quantitative estimate of drug-likeness (QED) is 0.0912. The van der Waals surface area contributed by atoms with E-state index in [0.717, 1.165) is 12.8 Å². The second kappa shape index (κ2) is 14.2. The monoisotopic (exact) mass is 627 g/mol. The molecule has 1 fully saturated rings. The van der Waals surface area contributed by atoms with Crippen LogP contribution in [-0.2, 0) is 20.9 Å². The van der Waals surface area contributed by atoms with Crippen molar-refractivity contribution in [1.29, 1.82) is 0 Å². The zero-order chi connectivity index (χ0) is 32.7.